The highest BCUT2D eigenvalue weighted by Gasteiger charge is 2.32. The zero-order valence-corrected chi connectivity index (χ0v) is 10.7. The van der Waals surface area contributed by atoms with E-state index in [-0.39, 0.29) is 5.91 Å². The highest BCUT2D eigenvalue weighted by Crippen LogP contribution is 2.21. The number of hydrogen-bond acceptors (Lipinski definition) is 4. The summed E-state index contributed by atoms with van der Waals surface area (Å²) in [4.78, 5) is 13.3. The van der Waals surface area contributed by atoms with Gasteiger partial charge in [-0.3, -0.25) is 4.79 Å². The van der Waals surface area contributed by atoms with Gasteiger partial charge in [0.1, 0.15) is 0 Å². The predicted octanol–water partition coefficient (Wildman–Crippen LogP) is 0.147. The van der Waals surface area contributed by atoms with Gasteiger partial charge in [0.15, 0.2) is 0 Å². The average molecular weight is 245 g/mol. The van der Waals surface area contributed by atoms with E-state index in [1.807, 2.05) is 0 Å². The van der Waals surface area contributed by atoms with Crippen LogP contribution in [0.3, 0.4) is 0 Å². The Balaban J connectivity index is 2.36. The van der Waals surface area contributed by atoms with Gasteiger partial charge in [-0.05, 0) is 13.3 Å². The molecule has 1 fully saturated rings. The summed E-state index contributed by atoms with van der Waals surface area (Å²) < 4.78 is 5.19. The summed E-state index contributed by atoms with van der Waals surface area (Å²) >= 11 is 0. The van der Waals surface area contributed by atoms with E-state index >= 15 is 0 Å². The summed E-state index contributed by atoms with van der Waals surface area (Å²) in [5, 5.41) is 19.4. The van der Waals surface area contributed by atoms with Gasteiger partial charge in [-0.2, -0.15) is 0 Å². The number of aliphatic hydroxyl groups is 2. The van der Waals surface area contributed by atoms with Crippen LogP contribution in [0.15, 0.2) is 0 Å². The van der Waals surface area contributed by atoms with E-state index in [9.17, 15) is 9.90 Å². The number of rotatable bonds is 5. The molecule has 0 aromatic rings. The van der Waals surface area contributed by atoms with Crippen molar-refractivity contribution in [1.82, 2.24) is 4.90 Å². The van der Waals surface area contributed by atoms with Crippen LogP contribution in [-0.4, -0.2) is 59.5 Å². The molecular formula is C12H23NO4. The van der Waals surface area contributed by atoms with Crippen LogP contribution in [0.25, 0.3) is 0 Å². The van der Waals surface area contributed by atoms with Gasteiger partial charge in [0.05, 0.1) is 11.7 Å². The van der Waals surface area contributed by atoms with Crippen LogP contribution >= 0.6 is 0 Å². The van der Waals surface area contributed by atoms with E-state index < -0.39 is 11.7 Å². The van der Waals surface area contributed by atoms with Crippen molar-refractivity contribution in [3.05, 3.63) is 0 Å². The molecule has 17 heavy (non-hydrogen) atoms. The normalized spacial score (nSPS) is 20.9. The van der Waals surface area contributed by atoms with Gasteiger partial charge in [0, 0.05) is 46.1 Å². The maximum absolute atomic E-state index is 11.7. The third-order valence-corrected chi connectivity index (χ3v) is 3.16. The first-order valence-electron chi connectivity index (χ1n) is 6.15. The summed E-state index contributed by atoms with van der Waals surface area (Å²) in [5.41, 5.74) is -0.812. The maximum atomic E-state index is 11.7. The molecule has 1 aliphatic heterocycles. The second-order valence-electron chi connectivity index (χ2n) is 4.97. The molecule has 1 unspecified atom stereocenters. The lowest BCUT2D eigenvalue weighted by molar-refractivity contribution is -0.137. The van der Waals surface area contributed by atoms with Crippen LogP contribution in [-0.2, 0) is 9.53 Å². The Morgan fingerprint density at radius 2 is 2.06 bits per heavy atom. The zero-order chi connectivity index (χ0) is 12.9. The summed E-state index contributed by atoms with van der Waals surface area (Å²) in [6, 6.07) is 0. The van der Waals surface area contributed by atoms with E-state index in [1.54, 1.807) is 18.9 Å². The number of aliphatic hydroxyl groups excluding tert-OH is 1. The molecular weight excluding hydrogens is 222 g/mol. The molecule has 1 heterocycles. The molecule has 0 aliphatic carbocycles. The Bertz CT molecular complexity index is 249. The minimum atomic E-state index is -0.812. The quantitative estimate of drug-likeness (QED) is 0.723. The van der Waals surface area contributed by atoms with Crippen molar-refractivity contribution in [3.63, 3.8) is 0 Å². The topological polar surface area (TPSA) is 70.0 Å². The Kier molecular flexibility index (Phi) is 5.36. The molecule has 100 valence electrons. The SMILES string of the molecule is CC(O)CCC(=O)N(C)CC1(O)CCOCC1. The number of carbonyl (C=O) groups is 1. The van der Waals surface area contributed by atoms with Crippen molar-refractivity contribution in [3.8, 4) is 0 Å². The largest absolute Gasteiger partial charge is 0.393 e. The third kappa shape index (κ3) is 5.02. The van der Waals surface area contributed by atoms with Crippen molar-refractivity contribution in [2.24, 2.45) is 0 Å². The van der Waals surface area contributed by atoms with Gasteiger partial charge in [-0.15, -0.1) is 0 Å². The molecule has 0 radical (unpaired) electrons. The minimum absolute atomic E-state index is 0.0363. The number of nitrogens with zero attached hydrogens (tertiary/aromatic N) is 1. The van der Waals surface area contributed by atoms with Gasteiger partial charge in [0.2, 0.25) is 5.91 Å². The summed E-state index contributed by atoms with van der Waals surface area (Å²) in [5.74, 6) is -0.0363. The molecule has 1 amide bonds. The van der Waals surface area contributed by atoms with E-state index in [0.717, 1.165) is 0 Å². The van der Waals surface area contributed by atoms with E-state index in [0.29, 0.717) is 45.4 Å². The molecule has 1 rings (SSSR count). The van der Waals surface area contributed by atoms with Gasteiger partial charge >= 0.3 is 0 Å². The molecule has 1 saturated heterocycles. The monoisotopic (exact) mass is 245 g/mol. The Labute approximate surface area is 102 Å². The number of amides is 1. The fourth-order valence-electron chi connectivity index (χ4n) is 1.96. The first-order chi connectivity index (χ1) is 7.93. The van der Waals surface area contributed by atoms with E-state index in [4.69, 9.17) is 9.84 Å². The molecule has 2 N–H and O–H groups in total. The second kappa shape index (κ2) is 6.33. The zero-order valence-electron chi connectivity index (χ0n) is 10.7. The van der Waals surface area contributed by atoms with Gasteiger partial charge < -0.3 is 19.8 Å². The number of hydrogen-bond donors (Lipinski definition) is 2. The number of carbonyl (C=O) groups excluding carboxylic acids is 1. The minimum Gasteiger partial charge on any atom is -0.393 e. The molecule has 5 heteroatoms. The first-order valence-corrected chi connectivity index (χ1v) is 6.15. The van der Waals surface area contributed by atoms with E-state index in [2.05, 4.69) is 0 Å². The summed E-state index contributed by atoms with van der Waals surface area (Å²) in [6.45, 7) is 3.10. The van der Waals surface area contributed by atoms with Crippen LogP contribution in [0.4, 0.5) is 0 Å². The van der Waals surface area contributed by atoms with Crippen LogP contribution in [0.5, 0.6) is 0 Å². The van der Waals surface area contributed by atoms with Crippen LogP contribution in [0, 0.1) is 0 Å². The van der Waals surface area contributed by atoms with Gasteiger partial charge in [-0.1, -0.05) is 0 Å². The highest BCUT2D eigenvalue weighted by atomic mass is 16.5. The molecule has 1 aliphatic rings. The first kappa shape index (κ1) is 14.4. The number of likely N-dealkylation sites (N-methyl/N-ethyl adjacent to an activating group) is 1. The van der Waals surface area contributed by atoms with Crippen LogP contribution in [0.1, 0.15) is 32.6 Å². The van der Waals surface area contributed by atoms with Crippen LogP contribution < -0.4 is 0 Å². The Hall–Kier alpha value is -0.650. The van der Waals surface area contributed by atoms with Crippen molar-refractivity contribution in [2.45, 2.75) is 44.3 Å². The fraction of sp³-hybridized carbons (Fsp3) is 0.917. The molecule has 1 atom stereocenters. The van der Waals surface area contributed by atoms with Crippen molar-refractivity contribution >= 4 is 5.91 Å². The van der Waals surface area contributed by atoms with Crippen molar-refractivity contribution in [1.29, 1.82) is 0 Å². The highest BCUT2D eigenvalue weighted by molar-refractivity contribution is 5.75. The standard InChI is InChI=1S/C12H23NO4/c1-10(14)3-4-11(15)13(2)9-12(16)5-7-17-8-6-12/h10,14,16H,3-9H2,1-2H3. The van der Waals surface area contributed by atoms with E-state index in [1.165, 1.54) is 0 Å². The Morgan fingerprint density at radius 1 is 1.47 bits per heavy atom. The molecule has 0 aromatic carbocycles. The summed E-state index contributed by atoms with van der Waals surface area (Å²) in [7, 11) is 1.69. The lowest BCUT2D eigenvalue weighted by Crippen LogP contribution is -2.47. The second-order valence-corrected chi connectivity index (χ2v) is 4.97. The molecule has 0 spiro atoms. The molecule has 5 nitrogen and oxygen atoms in total. The molecule has 0 aromatic heterocycles. The predicted molar refractivity (Wildman–Crippen MR) is 63.6 cm³/mol. The Morgan fingerprint density at radius 3 is 2.59 bits per heavy atom. The fourth-order valence-corrected chi connectivity index (χ4v) is 1.96. The maximum Gasteiger partial charge on any atom is 0.222 e. The van der Waals surface area contributed by atoms with Crippen molar-refractivity contribution in [2.75, 3.05) is 26.8 Å². The van der Waals surface area contributed by atoms with Gasteiger partial charge in [0.25, 0.3) is 0 Å². The third-order valence-electron chi connectivity index (χ3n) is 3.16. The van der Waals surface area contributed by atoms with Crippen molar-refractivity contribution < 1.29 is 19.7 Å². The number of ether oxygens (including phenoxy) is 1. The lowest BCUT2D eigenvalue weighted by atomic mass is 9.94. The van der Waals surface area contributed by atoms with Crippen LogP contribution in [0.2, 0.25) is 0 Å². The summed E-state index contributed by atoms with van der Waals surface area (Å²) in [6.07, 6.45) is 1.46. The molecule has 0 saturated carbocycles. The van der Waals surface area contributed by atoms with Gasteiger partial charge in [-0.25, -0.2) is 0 Å². The lowest BCUT2D eigenvalue weighted by Gasteiger charge is -2.35. The smallest absolute Gasteiger partial charge is 0.222 e. The molecule has 0 bridgehead atoms. The average Bonchev–Trinajstić information content (AvgIpc) is 2.26.